The van der Waals surface area contributed by atoms with Crippen molar-refractivity contribution in [1.29, 1.82) is 0 Å². The maximum Gasteiger partial charge on any atom is 0.573 e. The van der Waals surface area contributed by atoms with Crippen LogP contribution in [0.25, 0.3) is 17.3 Å². The van der Waals surface area contributed by atoms with Crippen molar-refractivity contribution in [2.45, 2.75) is 31.7 Å². The second-order valence-electron chi connectivity index (χ2n) is 7.27. The Hall–Kier alpha value is -3.49. The molecule has 1 aromatic heterocycles. The molecule has 2 heterocycles. The molecule has 154 valence electrons. The highest BCUT2D eigenvalue weighted by Crippen LogP contribution is 2.39. The van der Waals surface area contributed by atoms with Gasteiger partial charge in [-0.25, -0.2) is 10.5 Å². The van der Waals surface area contributed by atoms with Gasteiger partial charge >= 0.3 is 6.36 Å². The molecule has 6 nitrogen and oxygen atoms in total. The highest BCUT2D eigenvalue weighted by atomic mass is 19.4. The van der Waals surface area contributed by atoms with Crippen LogP contribution in [0.15, 0.2) is 58.2 Å². The lowest BCUT2D eigenvalue weighted by Gasteiger charge is -2.20. The average Bonchev–Trinajstić information content (AvgIpc) is 3.46. The first-order valence-electron chi connectivity index (χ1n) is 9.45. The number of alkyl halides is 3. The number of hydrogen-bond donors (Lipinski definition) is 1. The minimum absolute atomic E-state index is 0.251. The Morgan fingerprint density at radius 1 is 1.10 bits per heavy atom. The Labute approximate surface area is 169 Å². The first-order valence-corrected chi connectivity index (χ1v) is 9.45. The molecular weight excluding hydrogens is 397 g/mol. The Balaban J connectivity index is 1.36. The molecule has 1 fully saturated rings. The average molecular weight is 414 g/mol. The number of hydrazine groups is 1. The molecule has 9 heteroatoms. The van der Waals surface area contributed by atoms with Gasteiger partial charge in [-0.3, -0.25) is 5.01 Å². The Bertz CT molecular complexity index is 1180. The van der Waals surface area contributed by atoms with E-state index in [9.17, 15) is 13.2 Å². The van der Waals surface area contributed by atoms with Crippen LogP contribution in [0.4, 0.5) is 13.2 Å². The molecule has 1 aliphatic carbocycles. The highest BCUT2D eigenvalue weighted by molar-refractivity contribution is 5.64. The summed E-state index contributed by atoms with van der Waals surface area (Å²) in [6.45, 7) is 0.493. The van der Waals surface area contributed by atoms with E-state index in [4.69, 9.17) is 4.42 Å². The van der Waals surface area contributed by atoms with Crippen LogP contribution in [0.2, 0.25) is 0 Å². The first kappa shape index (κ1) is 18.5. The zero-order valence-electron chi connectivity index (χ0n) is 15.7. The van der Waals surface area contributed by atoms with Crippen LogP contribution >= 0.6 is 0 Å². The number of fused-ring (bicyclic) bond motifs is 1. The van der Waals surface area contributed by atoms with Crippen molar-refractivity contribution >= 4 is 6.20 Å². The van der Waals surface area contributed by atoms with Gasteiger partial charge in [-0.2, -0.15) is 5.10 Å². The Morgan fingerprint density at radius 2 is 1.87 bits per heavy atom. The zero-order valence-corrected chi connectivity index (χ0v) is 15.7. The number of halogens is 3. The summed E-state index contributed by atoms with van der Waals surface area (Å²) in [7, 11) is 0. The molecule has 2 aromatic carbocycles. The monoisotopic (exact) mass is 414 g/mol. The standard InChI is InChI=1S/C21H17F3N4O2/c22-21(23,24)30-18-6-3-13(4-7-18)15-5-8-19-16(9-15)10-28(27-26-19)11-17-12-29-20(25-17)14-1-2-14/h3-10,12,14,27H,1-2,11H2. The Morgan fingerprint density at radius 3 is 2.60 bits per heavy atom. The quantitative estimate of drug-likeness (QED) is 0.693. The maximum absolute atomic E-state index is 12.3. The van der Waals surface area contributed by atoms with Gasteiger partial charge in [0, 0.05) is 17.3 Å². The van der Waals surface area contributed by atoms with Gasteiger partial charge in [0.1, 0.15) is 17.7 Å². The fourth-order valence-corrected chi connectivity index (χ4v) is 3.27. The van der Waals surface area contributed by atoms with Crippen LogP contribution in [0.1, 0.15) is 30.3 Å². The van der Waals surface area contributed by atoms with E-state index in [0.29, 0.717) is 12.5 Å². The molecule has 0 spiro atoms. The van der Waals surface area contributed by atoms with Crippen LogP contribution in [-0.2, 0) is 6.54 Å². The second kappa shape index (κ2) is 7.08. The minimum Gasteiger partial charge on any atom is -0.448 e. The fraction of sp³-hybridized carbons (Fsp3) is 0.238. The summed E-state index contributed by atoms with van der Waals surface area (Å²) in [5.41, 5.74) is 5.41. The molecule has 30 heavy (non-hydrogen) atoms. The van der Waals surface area contributed by atoms with Gasteiger partial charge in [0.05, 0.1) is 11.9 Å². The molecule has 1 N–H and O–H groups in total. The van der Waals surface area contributed by atoms with Crippen molar-refractivity contribution in [3.05, 3.63) is 70.9 Å². The van der Waals surface area contributed by atoms with Crippen LogP contribution < -0.4 is 20.8 Å². The number of hydrogen-bond acceptors (Lipinski definition) is 6. The van der Waals surface area contributed by atoms with Crippen LogP contribution in [0, 0.1) is 0 Å². The van der Waals surface area contributed by atoms with E-state index in [1.807, 2.05) is 24.4 Å². The SMILES string of the molecule is FC(F)(F)Oc1ccc(-c2ccc3c(c2)=CN(Cc2coc(C4CC4)n2)NN=3)cc1. The van der Waals surface area contributed by atoms with Gasteiger partial charge in [-0.05, 0) is 48.2 Å². The molecular formula is C21H17F3N4O2. The molecule has 0 radical (unpaired) electrons. The van der Waals surface area contributed by atoms with Gasteiger partial charge < -0.3 is 9.15 Å². The molecule has 0 saturated heterocycles. The molecule has 0 bridgehead atoms. The zero-order chi connectivity index (χ0) is 20.7. The van der Waals surface area contributed by atoms with Crippen molar-refractivity contribution in [3.63, 3.8) is 0 Å². The molecule has 3 aromatic rings. The largest absolute Gasteiger partial charge is 0.573 e. The van der Waals surface area contributed by atoms with Crippen molar-refractivity contribution in [2.75, 3.05) is 0 Å². The van der Waals surface area contributed by atoms with Crippen molar-refractivity contribution < 1.29 is 22.3 Å². The highest BCUT2D eigenvalue weighted by Gasteiger charge is 2.31. The summed E-state index contributed by atoms with van der Waals surface area (Å²) in [6.07, 6.45) is 1.13. The predicted octanol–water partition coefficient (Wildman–Crippen LogP) is 3.41. The topological polar surface area (TPSA) is 62.9 Å². The Kier molecular flexibility index (Phi) is 4.38. The van der Waals surface area contributed by atoms with Crippen molar-refractivity contribution in [2.24, 2.45) is 5.10 Å². The number of aromatic nitrogens is 1. The molecule has 5 rings (SSSR count). The first-order chi connectivity index (χ1) is 14.4. The summed E-state index contributed by atoms with van der Waals surface area (Å²) in [6, 6.07) is 11.4. The van der Waals surface area contributed by atoms with E-state index in [1.165, 1.54) is 12.1 Å². The van der Waals surface area contributed by atoms with Gasteiger partial charge in [-0.1, -0.05) is 18.2 Å². The van der Waals surface area contributed by atoms with Crippen molar-refractivity contribution in [1.82, 2.24) is 15.5 Å². The lowest BCUT2D eigenvalue weighted by molar-refractivity contribution is -0.274. The number of rotatable bonds is 5. The number of benzene rings is 2. The third-order valence-electron chi connectivity index (χ3n) is 4.87. The molecule has 1 saturated carbocycles. The summed E-state index contributed by atoms with van der Waals surface area (Å²) >= 11 is 0. The van der Waals surface area contributed by atoms with E-state index >= 15 is 0 Å². The number of ether oxygens (including phenoxy) is 1. The molecule has 0 atom stereocenters. The predicted molar refractivity (Wildman–Crippen MR) is 101 cm³/mol. The molecule has 2 aliphatic rings. The van der Waals surface area contributed by atoms with Gasteiger partial charge in [0.25, 0.3) is 0 Å². The van der Waals surface area contributed by atoms with Gasteiger partial charge in [0.2, 0.25) is 0 Å². The number of oxazole rings is 1. The van der Waals surface area contributed by atoms with Gasteiger partial charge in [0.15, 0.2) is 5.89 Å². The summed E-state index contributed by atoms with van der Waals surface area (Å²) < 4.78 is 46.4. The van der Waals surface area contributed by atoms with Crippen LogP contribution in [-0.4, -0.2) is 16.4 Å². The maximum atomic E-state index is 12.3. The summed E-state index contributed by atoms with van der Waals surface area (Å²) in [4.78, 5) is 4.52. The lowest BCUT2D eigenvalue weighted by Crippen LogP contribution is -2.42. The van der Waals surface area contributed by atoms with Crippen LogP contribution in [0.5, 0.6) is 5.75 Å². The number of nitrogens with zero attached hydrogens (tertiary/aromatic N) is 3. The molecule has 0 unspecified atom stereocenters. The minimum atomic E-state index is -4.70. The van der Waals surface area contributed by atoms with E-state index in [0.717, 1.165) is 46.1 Å². The molecule has 0 amide bonds. The van der Waals surface area contributed by atoms with Crippen LogP contribution in [0.3, 0.4) is 0 Å². The van der Waals surface area contributed by atoms with E-state index in [-0.39, 0.29) is 5.75 Å². The summed E-state index contributed by atoms with van der Waals surface area (Å²) in [5.74, 6) is 0.997. The third-order valence-corrected chi connectivity index (χ3v) is 4.87. The lowest BCUT2D eigenvalue weighted by atomic mass is 10.0. The van der Waals surface area contributed by atoms with E-state index in [1.54, 1.807) is 23.4 Å². The van der Waals surface area contributed by atoms with E-state index < -0.39 is 6.36 Å². The molecule has 1 aliphatic heterocycles. The van der Waals surface area contributed by atoms with Gasteiger partial charge in [-0.15, -0.1) is 13.2 Å². The number of nitrogens with one attached hydrogen (secondary N) is 1. The fourth-order valence-electron chi connectivity index (χ4n) is 3.27. The smallest absolute Gasteiger partial charge is 0.448 e. The van der Waals surface area contributed by atoms with Crippen molar-refractivity contribution in [3.8, 4) is 16.9 Å². The third kappa shape index (κ3) is 4.10. The summed E-state index contributed by atoms with van der Waals surface area (Å²) in [5, 5.41) is 7.81. The second-order valence-corrected chi connectivity index (χ2v) is 7.27. The van der Waals surface area contributed by atoms with E-state index in [2.05, 4.69) is 20.4 Å². The normalized spacial score (nSPS) is 15.6.